The highest BCUT2D eigenvalue weighted by Crippen LogP contribution is 2.16. The molecule has 1 unspecified atom stereocenters. The van der Waals surface area contributed by atoms with E-state index in [0.717, 1.165) is 10.7 Å². The third kappa shape index (κ3) is 2.74. The number of primary amides is 1. The second-order valence-electron chi connectivity index (χ2n) is 4.07. The molecule has 18 heavy (non-hydrogen) atoms. The van der Waals surface area contributed by atoms with Crippen molar-refractivity contribution >= 4 is 17.2 Å². The highest BCUT2D eigenvalue weighted by atomic mass is 32.1. The summed E-state index contributed by atoms with van der Waals surface area (Å²) >= 11 is 1.52. The van der Waals surface area contributed by atoms with Gasteiger partial charge in [-0.15, -0.1) is 21.5 Å². The van der Waals surface area contributed by atoms with Crippen LogP contribution in [0.15, 0.2) is 17.8 Å². The molecule has 0 radical (unpaired) electrons. The van der Waals surface area contributed by atoms with E-state index in [9.17, 15) is 4.79 Å². The highest BCUT2D eigenvalue weighted by Gasteiger charge is 2.11. The van der Waals surface area contributed by atoms with Gasteiger partial charge in [-0.25, -0.2) is 0 Å². The summed E-state index contributed by atoms with van der Waals surface area (Å²) in [6.07, 6.45) is 1.67. The zero-order valence-corrected chi connectivity index (χ0v) is 11.1. The second kappa shape index (κ2) is 5.28. The molecule has 0 spiro atoms. The van der Waals surface area contributed by atoms with Crippen molar-refractivity contribution in [3.05, 3.63) is 34.0 Å². The molecule has 2 aromatic rings. The first-order chi connectivity index (χ1) is 8.58. The highest BCUT2D eigenvalue weighted by molar-refractivity contribution is 7.10. The van der Waals surface area contributed by atoms with Crippen molar-refractivity contribution in [2.45, 2.75) is 19.5 Å². The number of nitrogens with two attached hydrogens (primary N) is 1. The molecular formula is C11H15N5OS. The van der Waals surface area contributed by atoms with Crippen molar-refractivity contribution in [2.24, 2.45) is 12.8 Å². The summed E-state index contributed by atoms with van der Waals surface area (Å²) in [4.78, 5) is 12.0. The van der Waals surface area contributed by atoms with E-state index in [2.05, 4.69) is 15.5 Å². The molecule has 0 aliphatic heterocycles. The van der Waals surface area contributed by atoms with E-state index < -0.39 is 0 Å². The average molecular weight is 265 g/mol. The minimum absolute atomic E-state index is 0.0941. The smallest absolute Gasteiger partial charge is 0.249 e. The summed E-state index contributed by atoms with van der Waals surface area (Å²) in [7, 11) is 1.91. The van der Waals surface area contributed by atoms with Gasteiger partial charge in [-0.05, 0) is 13.0 Å². The van der Waals surface area contributed by atoms with Crippen LogP contribution in [0.3, 0.4) is 0 Å². The Morgan fingerprint density at radius 3 is 3.00 bits per heavy atom. The van der Waals surface area contributed by atoms with Crippen LogP contribution in [-0.2, 0) is 13.6 Å². The Bertz CT molecular complexity index is 547. The number of aryl methyl sites for hydroxylation is 1. The molecule has 2 rings (SSSR count). The van der Waals surface area contributed by atoms with E-state index in [1.54, 1.807) is 11.7 Å². The lowest BCUT2D eigenvalue weighted by atomic mass is 10.2. The number of amides is 1. The van der Waals surface area contributed by atoms with Gasteiger partial charge in [0, 0.05) is 23.8 Å². The molecule has 1 atom stereocenters. The standard InChI is InChI=1S/C11H15N5OS/c1-7(11-15-14-6-16(11)2)13-4-9-3-8(5-18-9)10(12)17/h3,5-7,13H,4H2,1-2H3,(H2,12,17). The maximum Gasteiger partial charge on any atom is 0.249 e. The Morgan fingerprint density at radius 2 is 2.44 bits per heavy atom. The molecule has 96 valence electrons. The Labute approximate surface area is 109 Å². The summed E-state index contributed by atoms with van der Waals surface area (Å²) in [5.41, 5.74) is 5.76. The molecule has 0 saturated carbocycles. The fourth-order valence-corrected chi connectivity index (χ4v) is 2.46. The molecule has 3 N–H and O–H groups in total. The average Bonchev–Trinajstić information content (AvgIpc) is 2.94. The number of carbonyl (C=O) groups is 1. The van der Waals surface area contributed by atoms with Crippen LogP contribution >= 0.6 is 11.3 Å². The van der Waals surface area contributed by atoms with Gasteiger partial charge in [-0.3, -0.25) is 4.79 Å². The lowest BCUT2D eigenvalue weighted by molar-refractivity contribution is 0.100. The number of aromatic nitrogens is 3. The van der Waals surface area contributed by atoms with Crippen LogP contribution in [0.2, 0.25) is 0 Å². The summed E-state index contributed by atoms with van der Waals surface area (Å²) in [6, 6.07) is 1.90. The van der Waals surface area contributed by atoms with E-state index in [-0.39, 0.29) is 11.9 Å². The zero-order chi connectivity index (χ0) is 13.1. The first kappa shape index (κ1) is 12.7. The van der Waals surface area contributed by atoms with E-state index in [0.29, 0.717) is 12.1 Å². The number of rotatable bonds is 5. The maximum atomic E-state index is 11.0. The van der Waals surface area contributed by atoms with Gasteiger partial charge in [0.2, 0.25) is 5.91 Å². The van der Waals surface area contributed by atoms with Crippen molar-refractivity contribution in [1.82, 2.24) is 20.1 Å². The van der Waals surface area contributed by atoms with E-state index in [1.165, 1.54) is 11.3 Å². The second-order valence-corrected chi connectivity index (χ2v) is 5.06. The number of hydrogen-bond acceptors (Lipinski definition) is 5. The lowest BCUT2D eigenvalue weighted by Crippen LogP contribution is -2.20. The number of nitrogens with one attached hydrogen (secondary N) is 1. The molecule has 0 aliphatic carbocycles. The molecule has 0 fully saturated rings. The first-order valence-electron chi connectivity index (χ1n) is 5.52. The summed E-state index contributed by atoms with van der Waals surface area (Å²) in [5.74, 6) is 0.487. The Kier molecular flexibility index (Phi) is 3.73. The van der Waals surface area contributed by atoms with Crippen molar-refractivity contribution in [1.29, 1.82) is 0 Å². The normalized spacial score (nSPS) is 12.6. The number of hydrogen-bond donors (Lipinski definition) is 2. The van der Waals surface area contributed by atoms with Gasteiger partial charge < -0.3 is 15.6 Å². The monoisotopic (exact) mass is 265 g/mol. The predicted molar refractivity (Wildman–Crippen MR) is 69.1 cm³/mol. The lowest BCUT2D eigenvalue weighted by Gasteiger charge is -2.11. The van der Waals surface area contributed by atoms with E-state index >= 15 is 0 Å². The van der Waals surface area contributed by atoms with Gasteiger partial charge in [0.25, 0.3) is 0 Å². The van der Waals surface area contributed by atoms with Crippen LogP contribution in [0.5, 0.6) is 0 Å². The predicted octanol–water partition coefficient (Wildman–Crippen LogP) is 0.826. The maximum absolute atomic E-state index is 11.0. The van der Waals surface area contributed by atoms with Crippen LogP contribution in [0.1, 0.15) is 34.0 Å². The van der Waals surface area contributed by atoms with Crippen molar-refractivity contribution < 1.29 is 4.79 Å². The molecule has 0 aromatic carbocycles. The summed E-state index contributed by atoms with van der Waals surface area (Å²) in [5, 5.41) is 13.0. The SMILES string of the molecule is CC(NCc1cc(C(N)=O)cs1)c1nncn1C. The molecule has 2 aromatic heterocycles. The van der Waals surface area contributed by atoms with E-state index in [1.807, 2.05) is 24.6 Å². The molecule has 7 heteroatoms. The fourth-order valence-electron chi connectivity index (χ4n) is 1.63. The van der Waals surface area contributed by atoms with Crippen LogP contribution in [-0.4, -0.2) is 20.7 Å². The third-order valence-electron chi connectivity index (χ3n) is 2.65. The quantitative estimate of drug-likeness (QED) is 0.838. The molecule has 2 heterocycles. The third-order valence-corrected chi connectivity index (χ3v) is 3.59. The summed E-state index contributed by atoms with van der Waals surface area (Å²) in [6.45, 7) is 2.69. The first-order valence-corrected chi connectivity index (χ1v) is 6.40. The molecule has 1 amide bonds. The van der Waals surface area contributed by atoms with Crippen LogP contribution in [0.4, 0.5) is 0 Å². The largest absolute Gasteiger partial charge is 0.366 e. The molecule has 0 bridgehead atoms. The zero-order valence-electron chi connectivity index (χ0n) is 10.3. The van der Waals surface area contributed by atoms with Gasteiger partial charge >= 0.3 is 0 Å². The summed E-state index contributed by atoms with van der Waals surface area (Å²) < 4.78 is 1.88. The van der Waals surface area contributed by atoms with Gasteiger partial charge in [0.05, 0.1) is 11.6 Å². The van der Waals surface area contributed by atoms with Crippen LogP contribution in [0.25, 0.3) is 0 Å². The van der Waals surface area contributed by atoms with Crippen molar-refractivity contribution in [3.63, 3.8) is 0 Å². The van der Waals surface area contributed by atoms with Gasteiger partial charge in [-0.2, -0.15) is 0 Å². The van der Waals surface area contributed by atoms with Gasteiger partial charge in [0.1, 0.15) is 12.2 Å². The topological polar surface area (TPSA) is 85.8 Å². The Hall–Kier alpha value is -1.73. The van der Waals surface area contributed by atoms with E-state index in [4.69, 9.17) is 5.73 Å². The van der Waals surface area contributed by atoms with Crippen molar-refractivity contribution in [2.75, 3.05) is 0 Å². The Morgan fingerprint density at radius 1 is 1.67 bits per heavy atom. The molecular weight excluding hydrogens is 250 g/mol. The number of nitrogens with zero attached hydrogens (tertiary/aromatic N) is 3. The van der Waals surface area contributed by atoms with Crippen molar-refractivity contribution in [3.8, 4) is 0 Å². The minimum atomic E-state index is -0.390. The fraction of sp³-hybridized carbons (Fsp3) is 0.364. The molecule has 0 aliphatic rings. The number of carbonyl (C=O) groups excluding carboxylic acids is 1. The van der Waals surface area contributed by atoms with Crippen LogP contribution in [0, 0.1) is 0 Å². The van der Waals surface area contributed by atoms with Gasteiger partial charge in [0.15, 0.2) is 0 Å². The Balaban J connectivity index is 1.95. The minimum Gasteiger partial charge on any atom is -0.366 e. The van der Waals surface area contributed by atoms with Gasteiger partial charge in [-0.1, -0.05) is 0 Å². The van der Waals surface area contributed by atoms with Crippen LogP contribution < -0.4 is 11.1 Å². The molecule has 6 nitrogen and oxygen atoms in total. The molecule has 0 saturated heterocycles. The number of thiophene rings is 1.